The van der Waals surface area contributed by atoms with Gasteiger partial charge in [0.25, 0.3) is 5.91 Å². The summed E-state index contributed by atoms with van der Waals surface area (Å²) in [6, 6.07) is 5.29. The third-order valence-electron chi connectivity index (χ3n) is 3.86. The second kappa shape index (κ2) is 6.03. The Hall–Kier alpha value is -2.24. The molecule has 0 spiro atoms. The van der Waals surface area contributed by atoms with Crippen molar-refractivity contribution in [1.29, 1.82) is 0 Å². The van der Waals surface area contributed by atoms with Crippen LogP contribution in [-0.4, -0.2) is 36.7 Å². The van der Waals surface area contributed by atoms with E-state index in [2.05, 4.69) is 10.6 Å². The first-order valence-electron chi connectivity index (χ1n) is 6.99. The lowest BCUT2D eigenvalue weighted by Gasteiger charge is -2.24. The average Bonchev–Trinajstić information content (AvgIpc) is 2.51. The number of hydrogen-bond acceptors (Lipinski definition) is 4. The minimum atomic E-state index is -0.969. The number of benzene rings is 1. The van der Waals surface area contributed by atoms with E-state index in [-0.39, 0.29) is 12.5 Å². The van der Waals surface area contributed by atoms with Crippen LogP contribution in [0.2, 0.25) is 0 Å². The van der Waals surface area contributed by atoms with Crippen LogP contribution in [0.4, 0.5) is 5.69 Å². The van der Waals surface area contributed by atoms with Crippen LogP contribution >= 0.6 is 0 Å². The fourth-order valence-corrected chi connectivity index (χ4v) is 2.07. The van der Waals surface area contributed by atoms with Gasteiger partial charge in [0.05, 0.1) is 16.7 Å². The van der Waals surface area contributed by atoms with Crippen molar-refractivity contribution in [2.24, 2.45) is 5.41 Å². The molecule has 0 fully saturated rings. The molecule has 0 saturated heterocycles. The number of ether oxygens (including phenoxy) is 1. The standard InChI is InChI=1S/C15H20N2O4/c1-3-15(2,14(19)20)9-17-13(18)10-5-4-6-11-12(10)21-8-7-16-11/h4-6,16H,3,7-9H2,1-2H3,(H,17,18)(H,19,20). The Morgan fingerprint density at radius 1 is 1.48 bits per heavy atom. The molecule has 1 heterocycles. The molecular formula is C15H20N2O4. The number of anilines is 1. The monoisotopic (exact) mass is 292 g/mol. The number of rotatable bonds is 5. The van der Waals surface area contributed by atoms with Gasteiger partial charge in [0.2, 0.25) is 0 Å². The second-order valence-electron chi connectivity index (χ2n) is 5.36. The molecule has 6 nitrogen and oxygen atoms in total. The van der Waals surface area contributed by atoms with Gasteiger partial charge in [-0.2, -0.15) is 0 Å². The number of para-hydroxylation sites is 1. The van der Waals surface area contributed by atoms with Gasteiger partial charge in [0.1, 0.15) is 6.61 Å². The van der Waals surface area contributed by atoms with E-state index >= 15 is 0 Å². The molecule has 6 heteroatoms. The third-order valence-corrected chi connectivity index (χ3v) is 3.86. The van der Waals surface area contributed by atoms with Crippen LogP contribution in [0.15, 0.2) is 18.2 Å². The van der Waals surface area contributed by atoms with E-state index in [1.54, 1.807) is 26.0 Å². The summed E-state index contributed by atoms with van der Waals surface area (Å²) in [6.07, 6.45) is 0.438. The summed E-state index contributed by atoms with van der Waals surface area (Å²) in [7, 11) is 0. The smallest absolute Gasteiger partial charge is 0.311 e. The first-order valence-corrected chi connectivity index (χ1v) is 6.99. The molecule has 0 aliphatic carbocycles. The summed E-state index contributed by atoms with van der Waals surface area (Å²) in [5.41, 5.74) is 0.234. The Kier molecular flexibility index (Phi) is 4.35. The van der Waals surface area contributed by atoms with Gasteiger partial charge in [0, 0.05) is 13.1 Å². The predicted octanol–water partition coefficient (Wildman–Crippen LogP) is 1.72. The molecule has 21 heavy (non-hydrogen) atoms. The maximum Gasteiger partial charge on any atom is 0.311 e. The fourth-order valence-electron chi connectivity index (χ4n) is 2.07. The molecule has 3 N–H and O–H groups in total. The van der Waals surface area contributed by atoms with Crippen molar-refractivity contribution >= 4 is 17.6 Å². The van der Waals surface area contributed by atoms with Gasteiger partial charge in [-0.1, -0.05) is 13.0 Å². The van der Waals surface area contributed by atoms with Crippen LogP contribution < -0.4 is 15.4 Å². The number of fused-ring (bicyclic) bond motifs is 1. The number of nitrogens with one attached hydrogen (secondary N) is 2. The highest BCUT2D eigenvalue weighted by molar-refractivity contribution is 5.99. The zero-order chi connectivity index (χ0) is 15.5. The number of carbonyl (C=O) groups is 2. The minimum absolute atomic E-state index is 0.0781. The van der Waals surface area contributed by atoms with E-state index in [0.717, 1.165) is 5.69 Å². The van der Waals surface area contributed by atoms with Crippen LogP contribution in [0.5, 0.6) is 5.75 Å². The van der Waals surface area contributed by atoms with Crippen molar-refractivity contribution in [2.75, 3.05) is 25.0 Å². The first-order chi connectivity index (χ1) is 9.98. The van der Waals surface area contributed by atoms with Gasteiger partial charge in [-0.15, -0.1) is 0 Å². The van der Waals surface area contributed by atoms with Crippen molar-refractivity contribution in [3.8, 4) is 5.75 Å². The van der Waals surface area contributed by atoms with Crippen LogP contribution in [0.3, 0.4) is 0 Å². The molecule has 1 atom stereocenters. The van der Waals surface area contributed by atoms with Crippen LogP contribution in [0, 0.1) is 5.41 Å². The Balaban J connectivity index is 2.13. The highest BCUT2D eigenvalue weighted by atomic mass is 16.5. The summed E-state index contributed by atoms with van der Waals surface area (Å²) < 4.78 is 5.54. The number of carboxylic acid groups (broad SMARTS) is 1. The number of amides is 1. The van der Waals surface area contributed by atoms with Gasteiger partial charge >= 0.3 is 5.97 Å². The molecule has 1 amide bonds. The zero-order valence-corrected chi connectivity index (χ0v) is 12.2. The van der Waals surface area contributed by atoms with Gasteiger partial charge in [-0.3, -0.25) is 9.59 Å². The molecule has 0 aromatic heterocycles. The number of carboxylic acids is 1. The molecule has 1 aliphatic heterocycles. The highest BCUT2D eigenvalue weighted by Crippen LogP contribution is 2.31. The van der Waals surface area contributed by atoms with E-state index < -0.39 is 11.4 Å². The van der Waals surface area contributed by atoms with E-state index in [9.17, 15) is 14.7 Å². The van der Waals surface area contributed by atoms with E-state index in [4.69, 9.17) is 4.74 Å². The molecular weight excluding hydrogens is 272 g/mol. The lowest BCUT2D eigenvalue weighted by Crippen LogP contribution is -2.40. The van der Waals surface area contributed by atoms with Gasteiger partial charge in [-0.25, -0.2) is 0 Å². The Morgan fingerprint density at radius 2 is 2.24 bits per heavy atom. The maximum absolute atomic E-state index is 12.3. The second-order valence-corrected chi connectivity index (χ2v) is 5.36. The lowest BCUT2D eigenvalue weighted by molar-refractivity contribution is -0.147. The van der Waals surface area contributed by atoms with Gasteiger partial charge < -0.3 is 20.5 Å². The summed E-state index contributed by atoms with van der Waals surface area (Å²) in [5, 5.41) is 15.1. The maximum atomic E-state index is 12.3. The Labute approximate surface area is 123 Å². The largest absolute Gasteiger partial charge is 0.489 e. The van der Waals surface area contributed by atoms with E-state index in [1.165, 1.54) is 0 Å². The van der Waals surface area contributed by atoms with E-state index in [1.807, 2.05) is 6.07 Å². The number of aliphatic carboxylic acids is 1. The highest BCUT2D eigenvalue weighted by Gasteiger charge is 2.32. The summed E-state index contributed by atoms with van der Waals surface area (Å²) in [6.45, 7) is 4.69. The summed E-state index contributed by atoms with van der Waals surface area (Å²) in [4.78, 5) is 23.5. The number of carbonyl (C=O) groups excluding carboxylic acids is 1. The van der Waals surface area contributed by atoms with Gasteiger partial charge in [-0.05, 0) is 25.5 Å². The Morgan fingerprint density at radius 3 is 2.90 bits per heavy atom. The summed E-state index contributed by atoms with van der Waals surface area (Å²) in [5.74, 6) is -0.718. The van der Waals surface area contributed by atoms with Crippen LogP contribution in [-0.2, 0) is 4.79 Å². The molecule has 114 valence electrons. The summed E-state index contributed by atoms with van der Waals surface area (Å²) >= 11 is 0. The molecule has 1 unspecified atom stereocenters. The van der Waals surface area contributed by atoms with Crippen LogP contribution in [0.25, 0.3) is 0 Å². The van der Waals surface area contributed by atoms with Crippen molar-refractivity contribution in [2.45, 2.75) is 20.3 Å². The zero-order valence-electron chi connectivity index (χ0n) is 12.2. The van der Waals surface area contributed by atoms with E-state index in [0.29, 0.717) is 30.9 Å². The predicted molar refractivity (Wildman–Crippen MR) is 78.8 cm³/mol. The normalized spacial score (nSPS) is 15.9. The topological polar surface area (TPSA) is 87.7 Å². The lowest BCUT2D eigenvalue weighted by atomic mass is 9.87. The first kappa shape index (κ1) is 15.2. The Bertz CT molecular complexity index is 559. The average molecular weight is 292 g/mol. The third kappa shape index (κ3) is 3.09. The van der Waals surface area contributed by atoms with Gasteiger partial charge in [0.15, 0.2) is 5.75 Å². The SMILES string of the molecule is CCC(C)(CNC(=O)c1cccc2c1OCCN2)C(=O)O. The van der Waals surface area contributed by atoms with Crippen molar-refractivity contribution in [3.63, 3.8) is 0 Å². The van der Waals surface area contributed by atoms with Crippen molar-refractivity contribution < 1.29 is 19.4 Å². The molecule has 0 radical (unpaired) electrons. The molecule has 1 aromatic rings. The number of hydrogen-bond donors (Lipinski definition) is 3. The molecule has 1 aromatic carbocycles. The fraction of sp³-hybridized carbons (Fsp3) is 0.467. The molecule has 0 saturated carbocycles. The molecule has 0 bridgehead atoms. The molecule has 1 aliphatic rings. The minimum Gasteiger partial charge on any atom is -0.489 e. The van der Waals surface area contributed by atoms with Crippen molar-refractivity contribution in [3.05, 3.63) is 23.8 Å². The molecule has 2 rings (SSSR count). The quantitative estimate of drug-likeness (QED) is 0.769. The van der Waals surface area contributed by atoms with Crippen LogP contribution in [0.1, 0.15) is 30.6 Å². The van der Waals surface area contributed by atoms with Crippen molar-refractivity contribution in [1.82, 2.24) is 5.32 Å².